The van der Waals surface area contributed by atoms with E-state index in [1.807, 2.05) is 0 Å². The van der Waals surface area contributed by atoms with E-state index in [0.717, 1.165) is 0 Å². The molecule has 1 unspecified atom stereocenters. The van der Waals surface area contributed by atoms with Crippen LogP contribution in [0.1, 0.15) is 22.8 Å². The molecule has 0 bridgehead atoms. The maximum atomic E-state index is 13.1. The van der Waals surface area contributed by atoms with Crippen LogP contribution in [-0.4, -0.2) is 36.9 Å². The molecule has 3 aromatic carbocycles. The lowest BCUT2D eigenvalue weighted by Gasteiger charge is -2.33. The summed E-state index contributed by atoms with van der Waals surface area (Å²) in [6.07, 6.45) is 0. The van der Waals surface area contributed by atoms with Crippen molar-refractivity contribution in [1.82, 2.24) is 5.32 Å². The molecular formula is C26H22ClFN2O5. The molecule has 0 spiro atoms. The molecule has 0 saturated heterocycles. The minimum atomic E-state index is -0.874. The molecule has 180 valence electrons. The molecule has 1 atom stereocenters. The smallest absolute Gasteiger partial charge is 0.265 e. The Balaban J connectivity index is 1.47. The number of ketones is 1. The molecule has 0 saturated carbocycles. The summed E-state index contributed by atoms with van der Waals surface area (Å²) in [5.74, 6) is -0.616. The maximum Gasteiger partial charge on any atom is 0.265 e. The zero-order valence-corrected chi connectivity index (χ0v) is 19.5. The molecule has 0 aromatic heterocycles. The monoisotopic (exact) mass is 496 g/mol. The third kappa shape index (κ3) is 5.78. The van der Waals surface area contributed by atoms with E-state index in [9.17, 15) is 18.8 Å². The lowest BCUT2D eigenvalue weighted by atomic mass is 10.1. The predicted octanol–water partition coefficient (Wildman–Crippen LogP) is 4.17. The molecule has 1 aliphatic rings. The molecule has 9 heteroatoms. The Bertz CT molecular complexity index is 1250. The van der Waals surface area contributed by atoms with E-state index in [0.29, 0.717) is 33.3 Å². The normalized spacial score (nSPS) is 13.5. The summed E-state index contributed by atoms with van der Waals surface area (Å²) >= 11 is 5.86. The number of halogens is 2. The van der Waals surface area contributed by atoms with Crippen LogP contribution < -0.4 is 19.7 Å². The van der Waals surface area contributed by atoms with E-state index in [4.69, 9.17) is 21.1 Å². The van der Waals surface area contributed by atoms with Crippen LogP contribution in [0.4, 0.5) is 10.1 Å². The summed E-state index contributed by atoms with van der Waals surface area (Å²) in [6, 6.07) is 16.2. The molecule has 35 heavy (non-hydrogen) atoms. The summed E-state index contributed by atoms with van der Waals surface area (Å²) in [4.78, 5) is 39.6. The van der Waals surface area contributed by atoms with E-state index in [1.54, 1.807) is 55.5 Å². The van der Waals surface area contributed by atoms with Crippen LogP contribution in [0.3, 0.4) is 0 Å². The molecule has 1 heterocycles. The van der Waals surface area contributed by atoms with Gasteiger partial charge < -0.3 is 14.8 Å². The Labute approximate surface area is 206 Å². The molecular weight excluding hydrogens is 475 g/mol. The Morgan fingerprint density at radius 2 is 1.83 bits per heavy atom. The Hall–Kier alpha value is -3.91. The first-order valence-electron chi connectivity index (χ1n) is 10.8. The zero-order chi connectivity index (χ0) is 24.9. The predicted molar refractivity (Wildman–Crippen MR) is 128 cm³/mol. The van der Waals surface area contributed by atoms with Crippen molar-refractivity contribution in [2.45, 2.75) is 19.5 Å². The van der Waals surface area contributed by atoms with Gasteiger partial charge in [0.2, 0.25) is 5.91 Å². The fraction of sp³-hybridized carbons (Fsp3) is 0.192. The van der Waals surface area contributed by atoms with E-state index in [2.05, 4.69) is 5.32 Å². The second-order valence-electron chi connectivity index (χ2n) is 7.92. The summed E-state index contributed by atoms with van der Waals surface area (Å²) in [6.45, 7) is 1.32. The van der Waals surface area contributed by atoms with Gasteiger partial charge in [-0.2, -0.15) is 0 Å². The van der Waals surface area contributed by atoms with Crippen molar-refractivity contribution in [2.75, 3.05) is 18.1 Å². The van der Waals surface area contributed by atoms with E-state index in [1.165, 1.54) is 23.1 Å². The Morgan fingerprint density at radius 3 is 2.54 bits per heavy atom. The summed E-state index contributed by atoms with van der Waals surface area (Å²) < 4.78 is 24.1. The van der Waals surface area contributed by atoms with Gasteiger partial charge in [0.1, 0.15) is 23.4 Å². The molecule has 2 amide bonds. The Kier molecular flexibility index (Phi) is 7.31. The minimum Gasteiger partial charge on any atom is -0.485 e. The van der Waals surface area contributed by atoms with Gasteiger partial charge in [0.25, 0.3) is 5.91 Å². The number of amides is 2. The molecule has 7 nitrogen and oxygen atoms in total. The van der Waals surface area contributed by atoms with Gasteiger partial charge in [0.15, 0.2) is 19.0 Å². The number of ether oxygens (including phenoxy) is 2. The van der Waals surface area contributed by atoms with Crippen molar-refractivity contribution in [3.05, 3.63) is 88.7 Å². The first-order valence-corrected chi connectivity index (χ1v) is 11.2. The number of hydrogen-bond donors (Lipinski definition) is 1. The van der Waals surface area contributed by atoms with E-state index in [-0.39, 0.29) is 31.4 Å². The van der Waals surface area contributed by atoms with Crippen LogP contribution in [0.25, 0.3) is 0 Å². The van der Waals surface area contributed by atoms with Gasteiger partial charge in [-0.05, 0) is 67.1 Å². The van der Waals surface area contributed by atoms with Crippen LogP contribution in [0.5, 0.6) is 11.5 Å². The highest BCUT2D eigenvalue weighted by Crippen LogP contribution is 2.34. The molecule has 4 rings (SSSR count). The first-order chi connectivity index (χ1) is 16.8. The molecule has 0 radical (unpaired) electrons. The summed E-state index contributed by atoms with van der Waals surface area (Å²) in [5, 5.41) is 3.31. The minimum absolute atomic E-state index is 0.176. The summed E-state index contributed by atoms with van der Waals surface area (Å²) in [7, 11) is 0. The van der Waals surface area contributed by atoms with E-state index >= 15 is 0 Å². The van der Waals surface area contributed by atoms with Crippen molar-refractivity contribution < 1.29 is 28.2 Å². The quantitative estimate of drug-likeness (QED) is 0.473. The fourth-order valence-corrected chi connectivity index (χ4v) is 3.71. The lowest BCUT2D eigenvalue weighted by molar-refractivity contribution is -0.127. The summed E-state index contributed by atoms with van der Waals surface area (Å²) in [5.41, 5.74) is 1.34. The number of carbonyl (C=O) groups excluding carboxylic acids is 3. The topological polar surface area (TPSA) is 84.9 Å². The van der Waals surface area contributed by atoms with Crippen LogP contribution in [0.15, 0.2) is 66.7 Å². The number of carbonyl (C=O) groups is 3. The number of rotatable bonds is 8. The van der Waals surface area contributed by atoms with Crippen molar-refractivity contribution in [2.24, 2.45) is 0 Å². The second kappa shape index (κ2) is 10.6. The molecule has 0 aliphatic carbocycles. The van der Waals surface area contributed by atoms with Crippen LogP contribution in [0, 0.1) is 5.82 Å². The average molecular weight is 497 g/mol. The van der Waals surface area contributed by atoms with Crippen LogP contribution in [-0.2, 0) is 16.1 Å². The standard InChI is InChI=1S/C26H22ClFN2O5/c1-16(26(33)29-13-17-2-7-20(28)8-3-17)30-22-12-18(4-11-24(22)35-15-25(30)32)23(31)14-34-21-9-5-19(27)6-10-21/h2-12,16H,13-15H2,1H3,(H,29,33). The molecule has 3 aromatic rings. The third-order valence-corrected chi connectivity index (χ3v) is 5.74. The largest absolute Gasteiger partial charge is 0.485 e. The zero-order valence-electron chi connectivity index (χ0n) is 18.8. The van der Waals surface area contributed by atoms with Gasteiger partial charge >= 0.3 is 0 Å². The van der Waals surface area contributed by atoms with Gasteiger partial charge in [0, 0.05) is 17.1 Å². The Morgan fingerprint density at radius 1 is 1.11 bits per heavy atom. The maximum absolute atomic E-state index is 13.1. The first kappa shape index (κ1) is 24.2. The number of anilines is 1. The third-order valence-electron chi connectivity index (χ3n) is 5.49. The lowest BCUT2D eigenvalue weighted by Crippen LogP contribution is -2.51. The fourth-order valence-electron chi connectivity index (χ4n) is 3.59. The highest BCUT2D eigenvalue weighted by molar-refractivity contribution is 6.30. The second-order valence-corrected chi connectivity index (χ2v) is 8.36. The van der Waals surface area contributed by atoms with Crippen molar-refractivity contribution in [3.8, 4) is 11.5 Å². The number of Topliss-reactive ketones (excluding diaryl/α,β-unsaturated/α-hetero) is 1. The number of fused-ring (bicyclic) bond motifs is 1. The average Bonchev–Trinajstić information content (AvgIpc) is 2.87. The molecule has 1 N–H and O–H groups in total. The number of nitrogens with one attached hydrogen (secondary N) is 1. The molecule has 1 aliphatic heterocycles. The van der Waals surface area contributed by atoms with E-state index < -0.39 is 17.9 Å². The highest BCUT2D eigenvalue weighted by atomic mass is 35.5. The SMILES string of the molecule is CC(C(=O)NCc1ccc(F)cc1)N1C(=O)COc2ccc(C(=O)COc3ccc(Cl)cc3)cc21. The van der Waals surface area contributed by atoms with Crippen molar-refractivity contribution >= 4 is 34.9 Å². The van der Waals surface area contributed by atoms with Crippen LogP contribution >= 0.6 is 11.6 Å². The van der Waals surface area contributed by atoms with Gasteiger partial charge in [-0.15, -0.1) is 0 Å². The van der Waals surface area contributed by atoms with Gasteiger partial charge in [-0.25, -0.2) is 4.39 Å². The van der Waals surface area contributed by atoms with Gasteiger partial charge in [0.05, 0.1) is 5.69 Å². The van der Waals surface area contributed by atoms with Crippen LogP contribution in [0.2, 0.25) is 5.02 Å². The van der Waals surface area contributed by atoms with Crippen molar-refractivity contribution in [3.63, 3.8) is 0 Å². The molecule has 0 fully saturated rings. The number of benzene rings is 3. The van der Waals surface area contributed by atoms with Gasteiger partial charge in [-0.1, -0.05) is 23.7 Å². The highest BCUT2D eigenvalue weighted by Gasteiger charge is 2.33. The number of hydrogen-bond acceptors (Lipinski definition) is 5. The van der Waals surface area contributed by atoms with Gasteiger partial charge in [-0.3, -0.25) is 19.3 Å². The number of nitrogens with zero attached hydrogens (tertiary/aromatic N) is 1. The van der Waals surface area contributed by atoms with Crippen molar-refractivity contribution in [1.29, 1.82) is 0 Å².